The zero-order valence-electron chi connectivity index (χ0n) is 15.1. The number of urea groups is 1. The van der Waals surface area contributed by atoms with Crippen molar-refractivity contribution in [2.75, 3.05) is 19.0 Å². The number of para-hydroxylation sites is 1. The van der Waals surface area contributed by atoms with Gasteiger partial charge in [-0.3, -0.25) is 0 Å². The number of carbonyl (C=O) groups excluding carboxylic acids is 2. The summed E-state index contributed by atoms with van der Waals surface area (Å²) < 4.78 is 24.3. The number of benzene rings is 2. The number of esters is 1. The van der Waals surface area contributed by atoms with Crippen LogP contribution < -0.4 is 10.1 Å². The van der Waals surface area contributed by atoms with Gasteiger partial charge in [0.1, 0.15) is 12.1 Å². The molecule has 1 heterocycles. The maximum atomic E-state index is 13.8. The van der Waals surface area contributed by atoms with Gasteiger partial charge in [0.2, 0.25) is 0 Å². The van der Waals surface area contributed by atoms with Gasteiger partial charge in [0.25, 0.3) is 0 Å². The minimum atomic E-state index is -0.795. The van der Waals surface area contributed by atoms with Crippen LogP contribution in [0.4, 0.5) is 14.9 Å². The van der Waals surface area contributed by atoms with E-state index in [2.05, 4.69) is 5.32 Å². The van der Waals surface area contributed by atoms with Gasteiger partial charge >= 0.3 is 12.0 Å². The molecule has 0 unspecified atom stereocenters. The maximum Gasteiger partial charge on any atom is 0.328 e. The summed E-state index contributed by atoms with van der Waals surface area (Å²) in [5, 5.41) is 2.78. The molecular formula is C20H21FN2O4. The topological polar surface area (TPSA) is 67.9 Å². The smallest absolute Gasteiger partial charge is 0.328 e. The molecule has 1 fully saturated rings. The Labute approximate surface area is 156 Å². The molecule has 6 nitrogen and oxygen atoms in total. The van der Waals surface area contributed by atoms with Crippen molar-refractivity contribution in [3.63, 3.8) is 0 Å². The van der Waals surface area contributed by atoms with Crippen LogP contribution in [0.2, 0.25) is 0 Å². The summed E-state index contributed by atoms with van der Waals surface area (Å²) in [6.45, 7) is 2.06. The zero-order chi connectivity index (χ0) is 19.4. The predicted molar refractivity (Wildman–Crippen MR) is 98.1 cm³/mol. The first-order valence-electron chi connectivity index (χ1n) is 8.61. The Bertz CT molecular complexity index is 842. The normalized spacial score (nSPS) is 18.9. The van der Waals surface area contributed by atoms with Crippen LogP contribution >= 0.6 is 0 Å². The third-order valence-electron chi connectivity index (χ3n) is 4.40. The van der Waals surface area contributed by atoms with E-state index < -0.39 is 30.0 Å². The molecule has 1 aliphatic rings. The molecule has 2 aromatic carbocycles. The first kappa shape index (κ1) is 18.7. The van der Waals surface area contributed by atoms with Crippen LogP contribution in [0, 0.1) is 12.7 Å². The van der Waals surface area contributed by atoms with Crippen molar-refractivity contribution in [2.24, 2.45) is 0 Å². The van der Waals surface area contributed by atoms with Gasteiger partial charge in [0.05, 0.1) is 13.7 Å². The van der Waals surface area contributed by atoms with Gasteiger partial charge in [-0.05, 0) is 36.8 Å². The molecule has 3 rings (SSSR count). The SMILES string of the molecule is COC(=O)[C@@H]1C[C@H](Oc2ccccc2F)CN1C(=O)Nc1cccc(C)c1. The first-order valence-corrected chi connectivity index (χ1v) is 8.61. The third-order valence-corrected chi connectivity index (χ3v) is 4.40. The molecule has 0 aliphatic carbocycles. The van der Waals surface area contributed by atoms with Crippen LogP contribution in [0.15, 0.2) is 48.5 Å². The molecule has 2 aromatic rings. The fourth-order valence-corrected chi connectivity index (χ4v) is 3.10. The number of anilines is 1. The first-order chi connectivity index (χ1) is 13.0. The Morgan fingerprint density at radius 3 is 2.67 bits per heavy atom. The van der Waals surface area contributed by atoms with Gasteiger partial charge in [0.15, 0.2) is 11.6 Å². The van der Waals surface area contributed by atoms with Crippen LogP contribution in [0.1, 0.15) is 12.0 Å². The molecule has 1 N–H and O–H groups in total. The van der Waals surface area contributed by atoms with Crippen molar-refractivity contribution in [3.8, 4) is 5.75 Å². The highest BCUT2D eigenvalue weighted by atomic mass is 19.1. The summed E-state index contributed by atoms with van der Waals surface area (Å²) in [5.74, 6) is -0.934. The summed E-state index contributed by atoms with van der Waals surface area (Å²) >= 11 is 0. The molecule has 0 spiro atoms. The largest absolute Gasteiger partial charge is 0.485 e. The summed E-state index contributed by atoms with van der Waals surface area (Å²) in [5.41, 5.74) is 1.63. The summed E-state index contributed by atoms with van der Waals surface area (Å²) in [6, 6.07) is 12.1. The zero-order valence-corrected chi connectivity index (χ0v) is 15.1. The number of nitrogens with one attached hydrogen (secondary N) is 1. The lowest BCUT2D eigenvalue weighted by molar-refractivity contribution is -0.144. The fraction of sp³-hybridized carbons (Fsp3) is 0.300. The second-order valence-electron chi connectivity index (χ2n) is 6.40. The van der Waals surface area contributed by atoms with Crippen molar-refractivity contribution in [1.82, 2.24) is 4.90 Å². The van der Waals surface area contributed by atoms with E-state index >= 15 is 0 Å². The Balaban J connectivity index is 1.74. The van der Waals surface area contributed by atoms with Crippen LogP contribution in [0.5, 0.6) is 5.75 Å². The number of rotatable bonds is 4. The molecule has 7 heteroatoms. The molecule has 0 bridgehead atoms. The average molecular weight is 372 g/mol. The summed E-state index contributed by atoms with van der Waals surface area (Å²) in [6.07, 6.45) is -0.295. The molecule has 27 heavy (non-hydrogen) atoms. The molecule has 0 aromatic heterocycles. The number of nitrogens with zero attached hydrogens (tertiary/aromatic N) is 1. The van der Waals surface area contributed by atoms with Crippen molar-refractivity contribution in [2.45, 2.75) is 25.5 Å². The average Bonchev–Trinajstić information content (AvgIpc) is 3.07. The number of ether oxygens (including phenoxy) is 2. The van der Waals surface area contributed by atoms with E-state index in [9.17, 15) is 14.0 Å². The second-order valence-corrected chi connectivity index (χ2v) is 6.40. The van der Waals surface area contributed by atoms with Crippen LogP contribution in [-0.4, -0.2) is 42.7 Å². The molecule has 142 valence electrons. The molecule has 2 amide bonds. The number of hydrogen-bond acceptors (Lipinski definition) is 4. The highest BCUT2D eigenvalue weighted by Crippen LogP contribution is 2.26. The van der Waals surface area contributed by atoms with Gasteiger partial charge in [-0.25, -0.2) is 14.0 Å². The van der Waals surface area contributed by atoms with Gasteiger partial charge in [0, 0.05) is 12.1 Å². The predicted octanol–water partition coefficient (Wildman–Crippen LogP) is 3.36. The molecule has 1 saturated heterocycles. The quantitative estimate of drug-likeness (QED) is 0.836. The van der Waals surface area contributed by atoms with E-state index in [4.69, 9.17) is 9.47 Å². The molecule has 0 saturated carbocycles. The lowest BCUT2D eigenvalue weighted by atomic mass is 10.2. The number of amides is 2. The number of aryl methyl sites for hydroxylation is 1. The molecule has 0 radical (unpaired) electrons. The lowest BCUT2D eigenvalue weighted by Crippen LogP contribution is -2.43. The van der Waals surface area contributed by atoms with Crippen LogP contribution in [-0.2, 0) is 9.53 Å². The molecular weight excluding hydrogens is 351 g/mol. The van der Waals surface area contributed by atoms with Crippen molar-refractivity contribution >= 4 is 17.7 Å². The standard InChI is InChI=1S/C20H21FN2O4/c1-13-6-5-7-14(10-13)22-20(25)23-12-15(11-17(23)19(24)26-2)27-18-9-4-3-8-16(18)21/h3-10,15,17H,11-12H2,1-2H3,(H,22,25)/t15-,17-/m0/s1. The minimum absolute atomic E-state index is 0.0899. The summed E-state index contributed by atoms with van der Waals surface area (Å²) in [7, 11) is 1.27. The number of likely N-dealkylation sites (tertiary alicyclic amines) is 1. The van der Waals surface area contributed by atoms with Gasteiger partial charge in [-0.15, -0.1) is 0 Å². The Hall–Kier alpha value is -3.09. The number of hydrogen-bond donors (Lipinski definition) is 1. The van der Waals surface area contributed by atoms with Crippen molar-refractivity contribution in [3.05, 3.63) is 59.9 Å². The highest BCUT2D eigenvalue weighted by Gasteiger charge is 2.41. The van der Waals surface area contributed by atoms with Crippen LogP contribution in [0.3, 0.4) is 0 Å². The Morgan fingerprint density at radius 2 is 1.96 bits per heavy atom. The highest BCUT2D eigenvalue weighted by molar-refractivity contribution is 5.93. The Kier molecular flexibility index (Phi) is 5.59. The monoisotopic (exact) mass is 372 g/mol. The summed E-state index contributed by atoms with van der Waals surface area (Å²) in [4.78, 5) is 26.2. The molecule has 2 atom stereocenters. The van der Waals surface area contributed by atoms with E-state index in [1.807, 2.05) is 25.1 Å². The van der Waals surface area contributed by atoms with Gasteiger partial charge in [-0.2, -0.15) is 0 Å². The van der Waals surface area contributed by atoms with E-state index in [0.717, 1.165) is 5.56 Å². The minimum Gasteiger partial charge on any atom is -0.485 e. The van der Waals surface area contributed by atoms with E-state index in [0.29, 0.717) is 5.69 Å². The van der Waals surface area contributed by atoms with E-state index in [-0.39, 0.29) is 18.7 Å². The Morgan fingerprint density at radius 1 is 1.19 bits per heavy atom. The van der Waals surface area contributed by atoms with E-state index in [1.54, 1.807) is 18.2 Å². The van der Waals surface area contributed by atoms with E-state index in [1.165, 1.54) is 24.1 Å². The number of halogens is 1. The number of carbonyl (C=O) groups is 2. The third kappa shape index (κ3) is 4.36. The van der Waals surface area contributed by atoms with Crippen molar-refractivity contribution in [1.29, 1.82) is 0 Å². The maximum absolute atomic E-state index is 13.8. The fourth-order valence-electron chi connectivity index (χ4n) is 3.10. The van der Waals surface area contributed by atoms with Crippen LogP contribution in [0.25, 0.3) is 0 Å². The molecule has 1 aliphatic heterocycles. The van der Waals surface area contributed by atoms with Gasteiger partial charge < -0.3 is 19.7 Å². The number of methoxy groups -OCH3 is 1. The second kappa shape index (κ2) is 8.07. The lowest BCUT2D eigenvalue weighted by Gasteiger charge is -2.22. The van der Waals surface area contributed by atoms with Gasteiger partial charge in [-0.1, -0.05) is 24.3 Å². The van der Waals surface area contributed by atoms with Crippen molar-refractivity contribution < 1.29 is 23.5 Å².